The maximum atomic E-state index is 11.6. The molecular weight excluding hydrogens is 516 g/mol. The van der Waals surface area contributed by atoms with Gasteiger partial charge < -0.3 is 19.4 Å². The zero-order chi connectivity index (χ0) is 29.1. The molecule has 1 aliphatic carbocycles. The van der Waals surface area contributed by atoms with Crippen molar-refractivity contribution in [2.24, 2.45) is 16.3 Å². The number of fused-ring (bicyclic) bond motifs is 2. The zero-order valence-electron chi connectivity index (χ0n) is 24.9. The second-order valence-corrected chi connectivity index (χ2v) is 11.6. The molecule has 216 valence electrons. The Kier molecular flexibility index (Phi) is 8.15. The third kappa shape index (κ3) is 6.14. The van der Waals surface area contributed by atoms with Crippen molar-refractivity contribution >= 4 is 29.4 Å². The van der Waals surface area contributed by atoms with E-state index < -0.39 is 6.09 Å². The molecule has 0 saturated heterocycles. The highest BCUT2D eigenvalue weighted by molar-refractivity contribution is 5.86. The van der Waals surface area contributed by atoms with E-state index >= 15 is 0 Å². The van der Waals surface area contributed by atoms with Crippen LogP contribution in [-0.2, 0) is 11.3 Å². The molecule has 0 spiro atoms. The van der Waals surface area contributed by atoms with Crippen LogP contribution in [0.3, 0.4) is 0 Å². The second kappa shape index (κ2) is 11.8. The quantitative estimate of drug-likeness (QED) is 0.314. The van der Waals surface area contributed by atoms with Crippen molar-refractivity contribution in [2.45, 2.75) is 60.4 Å². The summed E-state index contributed by atoms with van der Waals surface area (Å²) in [6, 6.07) is 8.31. The summed E-state index contributed by atoms with van der Waals surface area (Å²) in [4.78, 5) is 30.8. The first-order chi connectivity index (χ1) is 19.7. The number of anilines is 1. The van der Waals surface area contributed by atoms with E-state index in [1.165, 1.54) is 18.4 Å². The van der Waals surface area contributed by atoms with Crippen LogP contribution >= 0.6 is 0 Å². The van der Waals surface area contributed by atoms with Crippen molar-refractivity contribution in [1.82, 2.24) is 19.9 Å². The number of aromatic amines is 1. The number of rotatable bonds is 6. The molecule has 1 amide bonds. The molecule has 2 aromatic heterocycles. The first-order valence-electron chi connectivity index (χ1n) is 14.4. The number of nitrogens with one attached hydrogen (secondary N) is 2. The molecule has 1 aliphatic heterocycles. The molecule has 0 radical (unpaired) electrons. The molecule has 2 aliphatic rings. The van der Waals surface area contributed by atoms with Gasteiger partial charge in [0, 0.05) is 35.8 Å². The van der Waals surface area contributed by atoms with Crippen molar-refractivity contribution < 1.29 is 14.3 Å². The Bertz CT molecular complexity index is 1530. The Morgan fingerprint density at radius 1 is 1.32 bits per heavy atom. The Morgan fingerprint density at radius 2 is 2.15 bits per heavy atom. The number of allylic oxidation sites excluding steroid dienone is 3. The number of hydrogen-bond acceptors (Lipinski definition) is 7. The van der Waals surface area contributed by atoms with Gasteiger partial charge >= 0.3 is 6.09 Å². The van der Waals surface area contributed by atoms with E-state index in [-0.39, 0.29) is 5.41 Å². The highest BCUT2D eigenvalue weighted by Gasteiger charge is 2.31. The number of methoxy groups -OCH3 is 1. The molecule has 2 N–H and O–H groups in total. The van der Waals surface area contributed by atoms with Crippen molar-refractivity contribution in [1.29, 1.82) is 0 Å². The fourth-order valence-electron chi connectivity index (χ4n) is 5.67. The lowest BCUT2D eigenvalue weighted by atomic mass is 9.75. The Balaban J connectivity index is 1.51. The van der Waals surface area contributed by atoms with Gasteiger partial charge in [0.25, 0.3) is 0 Å². The summed E-state index contributed by atoms with van der Waals surface area (Å²) < 4.78 is 10.9. The fraction of sp³-hybridized carbons (Fsp3) is 0.438. The number of imidazole rings is 1. The summed E-state index contributed by atoms with van der Waals surface area (Å²) in [6.07, 6.45) is 8.52. The topological polar surface area (TPSA) is 105 Å². The van der Waals surface area contributed by atoms with E-state index in [9.17, 15) is 4.79 Å². The number of pyridine rings is 1. The molecular formula is C32H40N6O3. The second-order valence-electron chi connectivity index (χ2n) is 11.6. The number of carbonyl (C=O) groups excluding carboxylic acids is 1. The van der Waals surface area contributed by atoms with Crippen LogP contribution in [0, 0.1) is 11.3 Å². The molecule has 0 fully saturated rings. The largest absolute Gasteiger partial charge is 0.491 e. The number of carbonyl (C=O) groups is 1. The number of aliphatic imine (C=N–C) groups is 1. The molecule has 1 unspecified atom stereocenters. The smallest absolute Gasteiger partial charge is 0.413 e. The SMILES string of the molecule is CC=NC1=CCC(C)(C)C/C1=C(/C(C)CC)N1CCOc2ccc(-c3cnc4nc(NC(=O)OC)[nH]c4c3)cc2C1. The van der Waals surface area contributed by atoms with Crippen LogP contribution in [0.2, 0.25) is 0 Å². The van der Waals surface area contributed by atoms with E-state index in [1.807, 2.05) is 19.2 Å². The van der Waals surface area contributed by atoms with Gasteiger partial charge in [-0.1, -0.05) is 39.8 Å². The third-order valence-corrected chi connectivity index (χ3v) is 7.93. The van der Waals surface area contributed by atoms with E-state index in [0.29, 0.717) is 24.1 Å². The molecule has 9 heteroatoms. The van der Waals surface area contributed by atoms with Gasteiger partial charge in [-0.3, -0.25) is 10.3 Å². The minimum Gasteiger partial charge on any atom is -0.491 e. The molecule has 9 nitrogen and oxygen atoms in total. The van der Waals surface area contributed by atoms with Gasteiger partial charge in [0.15, 0.2) is 5.65 Å². The summed E-state index contributed by atoms with van der Waals surface area (Å²) >= 11 is 0. The number of aromatic nitrogens is 3. The van der Waals surface area contributed by atoms with Gasteiger partial charge in [0.2, 0.25) is 5.95 Å². The summed E-state index contributed by atoms with van der Waals surface area (Å²) in [5.74, 6) is 1.59. The molecule has 5 rings (SSSR count). The van der Waals surface area contributed by atoms with Gasteiger partial charge in [0.05, 0.1) is 24.9 Å². The van der Waals surface area contributed by atoms with Crippen LogP contribution in [-0.4, -0.2) is 52.4 Å². The molecule has 0 saturated carbocycles. The maximum Gasteiger partial charge on any atom is 0.413 e. The van der Waals surface area contributed by atoms with Crippen LogP contribution in [0.15, 0.2) is 58.5 Å². The molecule has 3 heterocycles. The van der Waals surface area contributed by atoms with Crippen LogP contribution in [0.4, 0.5) is 10.7 Å². The standard InChI is InChI=1S/C32H40N6O3/c1-7-20(3)28(24-17-32(4,5)12-11-25(24)33-8-2)38-13-14-41-27-10-9-21(15-23(27)19-38)22-16-26-29(34-18-22)36-30(35-26)37-31(39)40-6/h8-11,15-16,18,20H,7,12-14,17,19H2,1-6H3,(H2,34,35,36,37,39)/b28-24+,33-8?. The Morgan fingerprint density at radius 3 is 2.90 bits per heavy atom. The highest BCUT2D eigenvalue weighted by Crippen LogP contribution is 2.43. The van der Waals surface area contributed by atoms with Crippen LogP contribution < -0.4 is 10.1 Å². The van der Waals surface area contributed by atoms with Gasteiger partial charge in [-0.15, -0.1) is 0 Å². The predicted molar refractivity (Wildman–Crippen MR) is 163 cm³/mol. The van der Waals surface area contributed by atoms with Gasteiger partial charge in [-0.2, -0.15) is 4.98 Å². The predicted octanol–water partition coefficient (Wildman–Crippen LogP) is 7.09. The number of hydrogen-bond donors (Lipinski definition) is 2. The first-order valence-corrected chi connectivity index (χ1v) is 14.4. The van der Waals surface area contributed by atoms with E-state index in [4.69, 9.17) is 9.73 Å². The van der Waals surface area contributed by atoms with Gasteiger partial charge in [-0.25, -0.2) is 9.78 Å². The van der Waals surface area contributed by atoms with E-state index in [0.717, 1.165) is 66.0 Å². The number of ether oxygens (including phenoxy) is 2. The van der Waals surface area contributed by atoms with E-state index in [2.05, 4.69) is 81.9 Å². The highest BCUT2D eigenvalue weighted by atomic mass is 16.5. The average Bonchev–Trinajstić information content (AvgIpc) is 3.23. The minimum absolute atomic E-state index is 0.193. The average molecular weight is 557 g/mol. The molecule has 41 heavy (non-hydrogen) atoms. The zero-order valence-corrected chi connectivity index (χ0v) is 24.9. The van der Waals surface area contributed by atoms with E-state index in [1.54, 1.807) is 6.20 Å². The Labute approximate surface area is 241 Å². The summed E-state index contributed by atoms with van der Waals surface area (Å²) in [6.45, 7) is 13.5. The van der Waals surface area contributed by atoms with Crippen molar-refractivity contribution in [3.8, 4) is 16.9 Å². The number of H-pyrrole nitrogens is 1. The normalized spacial score (nSPS) is 18.8. The Hall–Kier alpha value is -4.14. The van der Waals surface area contributed by atoms with Crippen LogP contribution in [0.1, 0.15) is 59.4 Å². The molecule has 0 bridgehead atoms. The monoisotopic (exact) mass is 556 g/mol. The summed E-state index contributed by atoms with van der Waals surface area (Å²) in [7, 11) is 1.31. The number of nitrogens with zero attached hydrogens (tertiary/aromatic N) is 4. The van der Waals surface area contributed by atoms with Crippen LogP contribution in [0.25, 0.3) is 22.3 Å². The molecule has 3 aromatic rings. The summed E-state index contributed by atoms with van der Waals surface area (Å²) in [5, 5.41) is 2.55. The van der Waals surface area contributed by atoms with Crippen molar-refractivity contribution in [3.05, 3.63) is 59.1 Å². The lowest BCUT2D eigenvalue weighted by molar-refractivity contribution is 0.186. The first kappa shape index (κ1) is 28.4. The molecule has 1 aromatic carbocycles. The van der Waals surface area contributed by atoms with Crippen LogP contribution in [0.5, 0.6) is 5.75 Å². The number of amides is 1. The maximum absolute atomic E-state index is 11.6. The van der Waals surface area contributed by atoms with Gasteiger partial charge in [-0.05, 0) is 66.9 Å². The van der Waals surface area contributed by atoms with Crippen molar-refractivity contribution in [2.75, 3.05) is 25.6 Å². The lowest BCUT2D eigenvalue weighted by Gasteiger charge is -2.37. The lowest BCUT2D eigenvalue weighted by Crippen LogP contribution is -2.31. The fourth-order valence-corrected chi connectivity index (χ4v) is 5.67. The summed E-state index contributed by atoms with van der Waals surface area (Å²) in [5.41, 5.74) is 8.40. The van der Waals surface area contributed by atoms with Gasteiger partial charge in [0.1, 0.15) is 12.4 Å². The molecule has 1 atom stereocenters. The third-order valence-electron chi connectivity index (χ3n) is 7.93. The number of benzene rings is 1. The van der Waals surface area contributed by atoms with Crippen molar-refractivity contribution in [3.63, 3.8) is 0 Å². The minimum atomic E-state index is -0.591.